The quantitative estimate of drug-likeness (QED) is 0.625. The van der Waals surface area contributed by atoms with Crippen LogP contribution in [0.25, 0.3) is 0 Å². The lowest BCUT2D eigenvalue weighted by atomic mass is 10.4. The molecule has 2 N–H and O–H groups in total. The Labute approximate surface area is 113 Å². The minimum absolute atomic E-state index is 0.0431. The molecule has 0 amide bonds. The van der Waals surface area contributed by atoms with Gasteiger partial charge in [0.15, 0.2) is 0 Å². The van der Waals surface area contributed by atoms with Crippen molar-refractivity contribution in [1.82, 2.24) is 0 Å². The van der Waals surface area contributed by atoms with Crippen LogP contribution in [0, 0.1) is 0 Å². The maximum Gasteiger partial charge on any atom is 0.501 e. The standard InChI is InChI=1S/C6H17NO3Si.C3H10O3Si/c1-6(7)5-11(8-2,9-3)10-4;1-4-7(5-2)6-3/h6H,5,7H2,1-4H3;7H,1-3H3. The van der Waals surface area contributed by atoms with Crippen molar-refractivity contribution in [3.8, 4) is 0 Å². The largest absolute Gasteiger partial charge is 0.501 e. The van der Waals surface area contributed by atoms with Crippen molar-refractivity contribution in [2.75, 3.05) is 42.7 Å². The minimum atomic E-state index is -2.41. The third kappa shape index (κ3) is 9.13. The molecule has 112 valence electrons. The normalized spacial score (nSPS) is 13.2. The average Bonchev–Trinajstić information content (AvgIpc) is 2.38. The molecule has 0 bridgehead atoms. The van der Waals surface area contributed by atoms with E-state index in [2.05, 4.69) is 0 Å². The molecule has 0 aromatic rings. The Morgan fingerprint density at radius 3 is 1.28 bits per heavy atom. The molecule has 18 heavy (non-hydrogen) atoms. The van der Waals surface area contributed by atoms with Crippen LogP contribution in [-0.2, 0) is 26.6 Å². The lowest BCUT2D eigenvalue weighted by molar-refractivity contribution is 0.122. The summed E-state index contributed by atoms with van der Waals surface area (Å²) in [6, 6.07) is 0.692. The van der Waals surface area contributed by atoms with E-state index in [0.717, 1.165) is 0 Å². The summed E-state index contributed by atoms with van der Waals surface area (Å²) in [5.74, 6) is 0. The van der Waals surface area contributed by atoms with E-state index in [0.29, 0.717) is 6.04 Å². The zero-order chi connectivity index (χ0) is 14.6. The molecule has 9 heteroatoms. The molecule has 0 aliphatic carbocycles. The van der Waals surface area contributed by atoms with Gasteiger partial charge in [0, 0.05) is 54.7 Å². The SMILES string of the molecule is CO[SiH](OC)OC.CO[Si](CC(C)N)(OC)OC. The smallest absolute Gasteiger partial charge is 0.379 e. The Kier molecular flexibility index (Phi) is 13.9. The van der Waals surface area contributed by atoms with Gasteiger partial charge in [-0.1, -0.05) is 0 Å². The molecule has 0 fully saturated rings. The predicted molar refractivity (Wildman–Crippen MR) is 73.4 cm³/mol. The Morgan fingerprint density at radius 1 is 0.889 bits per heavy atom. The van der Waals surface area contributed by atoms with Gasteiger partial charge in [0.25, 0.3) is 0 Å². The van der Waals surface area contributed by atoms with Gasteiger partial charge in [-0.2, -0.15) is 0 Å². The number of hydrogen-bond acceptors (Lipinski definition) is 7. The summed E-state index contributed by atoms with van der Waals surface area (Å²) >= 11 is 0. The fourth-order valence-electron chi connectivity index (χ4n) is 1.18. The van der Waals surface area contributed by atoms with E-state index in [4.69, 9.17) is 32.3 Å². The van der Waals surface area contributed by atoms with Gasteiger partial charge in [0.05, 0.1) is 0 Å². The Bertz CT molecular complexity index is 165. The highest BCUT2D eigenvalue weighted by atomic mass is 28.4. The molecule has 0 radical (unpaired) electrons. The summed E-state index contributed by atoms with van der Waals surface area (Å²) in [6.45, 7) is 1.90. The van der Waals surface area contributed by atoms with Crippen LogP contribution in [0.1, 0.15) is 6.92 Å². The van der Waals surface area contributed by atoms with Crippen LogP contribution in [0.15, 0.2) is 0 Å². The van der Waals surface area contributed by atoms with Crippen molar-refractivity contribution < 1.29 is 26.6 Å². The van der Waals surface area contributed by atoms with Crippen LogP contribution in [-0.4, -0.2) is 67.0 Å². The highest BCUT2D eigenvalue weighted by Gasteiger charge is 2.38. The summed E-state index contributed by atoms with van der Waals surface area (Å²) in [7, 11) is 5.40. The first kappa shape index (κ1) is 20.5. The first-order chi connectivity index (χ1) is 8.44. The maximum atomic E-state index is 5.60. The second-order valence-electron chi connectivity index (χ2n) is 3.47. The second-order valence-corrected chi connectivity index (χ2v) is 8.46. The van der Waals surface area contributed by atoms with Crippen molar-refractivity contribution >= 4 is 18.3 Å². The molecule has 0 heterocycles. The molecule has 0 aliphatic rings. The molecule has 7 nitrogen and oxygen atoms in total. The monoisotopic (exact) mass is 301 g/mol. The summed E-state index contributed by atoms with van der Waals surface area (Å²) in [5.41, 5.74) is 5.60. The summed E-state index contributed by atoms with van der Waals surface area (Å²) < 4.78 is 29.7. The van der Waals surface area contributed by atoms with Crippen LogP contribution in [0.3, 0.4) is 0 Å². The molecular weight excluding hydrogens is 274 g/mol. The molecule has 0 rings (SSSR count). The molecule has 1 atom stereocenters. The van der Waals surface area contributed by atoms with Gasteiger partial charge in [-0.3, -0.25) is 0 Å². The molecule has 0 aromatic heterocycles. The van der Waals surface area contributed by atoms with E-state index in [1.807, 2.05) is 6.92 Å². The van der Waals surface area contributed by atoms with Crippen LogP contribution in [0.4, 0.5) is 0 Å². The van der Waals surface area contributed by atoms with E-state index >= 15 is 0 Å². The fourth-order valence-corrected chi connectivity index (χ4v) is 3.55. The molecule has 1 unspecified atom stereocenters. The van der Waals surface area contributed by atoms with Crippen molar-refractivity contribution in [2.45, 2.75) is 19.0 Å². The molecule has 0 aliphatic heterocycles. The van der Waals surface area contributed by atoms with Crippen LogP contribution in [0.5, 0.6) is 0 Å². The summed E-state index contributed by atoms with van der Waals surface area (Å²) in [6.07, 6.45) is 0. The Morgan fingerprint density at radius 2 is 1.22 bits per heavy atom. The van der Waals surface area contributed by atoms with Crippen LogP contribution < -0.4 is 5.73 Å². The van der Waals surface area contributed by atoms with Gasteiger partial charge in [-0.05, 0) is 6.92 Å². The minimum Gasteiger partial charge on any atom is -0.379 e. The molecule has 0 saturated heterocycles. The zero-order valence-electron chi connectivity index (χ0n) is 12.4. The Balaban J connectivity index is 0. The Hall–Kier alpha value is 0.154. The summed E-state index contributed by atoms with van der Waals surface area (Å²) in [4.78, 5) is 0. The van der Waals surface area contributed by atoms with Gasteiger partial charge in [-0.25, -0.2) is 0 Å². The highest BCUT2D eigenvalue weighted by molar-refractivity contribution is 6.60. The molecular formula is C9H27NO6Si2. The van der Waals surface area contributed by atoms with E-state index < -0.39 is 18.3 Å². The van der Waals surface area contributed by atoms with E-state index in [1.165, 1.54) is 0 Å². The molecule has 0 saturated carbocycles. The topological polar surface area (TPSA) is 81.4 Å². The number of nitrogens with two attached hydrogens (primary N) is 1. The van der Waals surface area contributed by atoms with Gasteiger partial charge in [-0.15, -0.1) is 0 Å². The average molecular weight is 301 g/mol. The van der Waals surface area contributed by atoms with Crippen molar-refractivity contribution in [1.29, 1.82) is 0 Å². The van der Waals surface area contributed by atoms with Gasteiger partial charge >= 0.3 is 18.3 Å². The van der Waals surface area contributed by atoms with Gasteiger partial charge < -0.3 is 32.3 Å². The highest BCUT2D eigenvalue weighted by Crippen LogP contribution is 2.13. The zero-order valence-corrected chi connectivity index (χ0v) is 14.5. The predicted octanol–water partition coefficient (Wildman–Crippen LogP) is -0.145. The first-order valence-electron chi connectivity index (χ1n) is 5.44. The lowest BCUT2D eigenvalue weighted by Crippen LogP contribution is -2.46. The van der Waals surface area contributed by atoms with Crippen LogP contribution >= 0.6 is 0 Å². The molecule has 0 spiro atoms. The van der Waals surface area contributed by atoms with Crippen molar-refractivity contribution in [3.05, 3.63) is 0 Å². The van der Waals surface area contributed by atoms with Crippen molar-refractivity contribution in [2.24, 2.45) is 5.73 Å². The van der Waals surface area contributed by atoms with Crippen LogP contribution in [0.2, 0.25) is 6.04 Å². The number of hydrogen-bond donors (Lipinski definition) is 1. The summed E-state index contributed by atoms with van der Waals surface area (Å²) in [5, 5.41) is 0. The van der Waals surface area contributed by atoms with Gasteiger partial charge in [0.2, 0.25) is 0 Å². The van der Waals surface area contributed by atoms with Crippen molar-refractivity contribution in [3.63, 3.8) is 0 Å². The second kappa shape index (κ2) is 12.2. The third-order valence-corrected chi connectivity index (χ3v) is 6.25. The lowest BCUT2D eigenvalue weighted by Gasteiger charge is -2.25. The van der Waals surface area contributed by atoms with Gasteiger partial charge in [0.1, 0.15) is 0 Å². The van der Waals surface area contributed by atoms with E-state index in [-0.39, 0.29) is 6.04 Å². The molecule has 0 aromatic carbocycles. The first-order valence-corrected chi connectivity index (χ1v) is 8.79. The number of rotatable bonds is 8. The fraction of sp³-hybridized carbons (Fsp3) is 1.00. The maximum absolute atomic E-state index is 5.60. The third-order valence-electron chi connectivity index (χ3n) is 2.08. The van der Waals surface area contributed by atoms with E-state index in [9.17, 15) is 0 Å². The van der Waals surface area contributed by atoms with E-state index in [1.54, 1.807) is 42.7 Å².